The van der Waals surface area contributed by atoms with Gasteiger partial charge in [-0.3, -0.25) is 4.79 Å². The molecule has 0 aliphatic rings. The SMILES string of the molecule is Cc1ncn(-c2ccc(NC(=O)CCC(C)(C)N)cc2)c1C. The van der Waals surface area contributed by atoms with Crippen molar-refractivity contribution in [3.05, 3.63) is 42.0 Å². The van der Waals surface area contributed by atoms with Gasteiger partial charge in [-0.05, 0) is 58.4 Å². The highest BCUT2D eigenvalue weighted by molar-refractivity contribution is 5.90. The van der Waals surface area contributed by atoms with Crippen LogP contribution in [0.3, 0.4) is 0 Å². The number of aryl methyl sites for hydroxylation is 1. The van der Waals surface area contributed by atoms with Gasteiger partial charge < -0.3 is 15.6 Å². The predicted molar refractivity (Wildman–Crippen MR) is 89.2 cm³/mol. The summed E-state index contributed by atoms with van der Waals surface area (Å²) in [6, 6.07) is 7.73. The minimum absolute atomic E-state index is 0.0130. The molecule has 22 heavy (non-hydrogen) atoms. The number of nitrogens with one attached hydrogen (secondary N) is 1. The number of rotatable bonds is 5. The van der Waals surface area contributed by atoms with Crippen molar-refractivity contribution in [2.24, 2.45) is 5.73 Å². The lowest BCUT2D eigenvalue weighted by Crippen LogP contribution is -2.33. The molecule has 3 N–H and O–H groups in total. The quantitative estimate of drug-likeness (QED) is 0.891. The molecule has 0 aliphatic heterocycles. The summed E-state index contributed by atoms with van der Waals surface area (Å²) in [5, 5.41) is 2.89. The van der Waals surface area contributed by atoms with E-state index in [4.69, 9.17) is 5.73 Å². The van der Waals surface area contributed by atoms with Crippen molar-refractivity contribution >= 4 is 11.6 Å². The summed E-state index contributed by atoms with van der Waals surface area (Å²) >= 11 is 0. The summed E-state index contributed by atoms with van der Waals surface area (Å²) in [7, 11) is 0. The molecule has 0 aliphatic carbocycles. The molecule has 0 atom stereocenters. The molecule has 5 nitrogen and oxygen atoms in total. The first-order valence-corrected chi connectivity index (χ1v) is 7.46. The molecular formula is C17H24N4O. The Kier molecular flexibility index (Phi) is 4.66. The Bertz CT molecular complexity index is 650. The van der Waals surface area contributed by atoms with E-state index in [2.05, 4.69) is 10.3 Å². The van der Waals surface area contributed by atoms with Gasteiger partial charge in [0.2, 0.25) is 5.91 Å². The highest BCUT2D eigenvalue weighted by atomic mass is 16.1. The zero-order valence-corrected chi connectivity index (χ0v) is 13.7. The van der Waals surface area contributed by atoms with Crippen LogP contribution in [-0.2, 0) is 4.79 Å². The molecule has 2 aromatic rings. The maximum Gasteiger partial charge on any atom is 0.224 e. The normalized spacial score (nSPS) is 11.5. The molecule has 5 heteroatoms. The number of hydrogen-bond donors (Lipinski definition) is 2. The highest BCUT2D eigenvalue weighted by Crippen LogP contribution is 2.17. The number of anilines is 1. The van der Waals surface area contributed by atoms with Crippen LogP contribution >= 0.6 is 0 Å². The number of carbonyl (C=O) groups is 1. The van der Waals surface area contributed by atoms with Crippen molar-refractivity contribution in [3.63, 3.8) is 0 Å². The highest BCUT2D eigenvalue weighted by Gasteiger charge is 2.13. The van der Waals surface area contributed by atoms with Crippen LogP contribution in [0.2, 0.25) is 0 Å². The molecule has 1 amide bonds. The largest absolute Gasteiger partial charge is 0.326 e. The molecular weight excluding hydrogens is 276 g/mol. The Morgan fingerprint density at radius 2 is 1.91 bits per heavy atom. The second-order valence-corrected chi connectivity index (χ2v) is 6.37. The van der Waals surface area contributed by atoms with E-state index in [0.717, 1.165) is 22.8 Å². The topological polar surface area (TPSA) is 72.9 Å². The van der Waals surface area contributed by atoms with Gasteiger partial charge in [-0.1, -0.05) is 0 Å². The summed E-state index contributed by atoms with van der Waals surface area (Å²) < 4.78 is 2.03. The first-order chi connectivity index (χ1) is 10.3. The summed E-state index contributed by atoms with van der Waals surface area (Å²) in [5.74, 6) is -0.0130. The first kappa shape index (κ1) is 16.2. The molecule has 1 aromatic carbocycles. The monoisotopic (exact) mass is 300 g/mol. The Hall–Kier alpha value is -2.14. The number of hydrogen-bond acceptors (Lipinski definition) is 3. The third-order valence-corrected chi connectivity index (χ3v) is 3.68. The maximum absolute atomic E-state index is 11.9. The van der Waals surface area contributed by atoms with Crippen LogP contribution in [0.15, 0.2) is 30.6 Å². The average Bonchev–Trinajstić information content (AvgIpc) is 2.77. The van der Waals surface area contributed by atoms with Crippen molar-refractivity contribution in [1.82, 2.24) is 9.55 Å². The summed E-state index contributed by atoms with van der Waals surface area (Å²) in [6.45, 7) is 7.86. The van der Waals surface area contributed by atoms with Gasteiger partial charge >= 0.3 is 0 Å². The van der Waals surface area contributed by atoms with Crippen LogP contribution < -0.4 is 11.1 Å². The zero-order chi connectivity index (χ0) is 16.3. The second-order valence-electron chi connectivity index (χ2n) is 6.37. The number of carbonyl (C=O) groups excluding carboxylic acids is 1. The van der Waals surface area contributed by atoms with E-state index in [1.54, 1.807) is 0 Å². The molecule has 2 rings (SSSR count). The molecule has 1 heterocycles. The lowest BCUT2D eigenvalue weighted by atomic mass is 10.00. The fraction of sp³-hybridized carbons (Fsp3) is 0.412. The summed E-state index contributed by atoms with van der Waals surface area (Å²) in [5.41, 5.74) is 9.51. The van der Waals surface area contributed by atoms with Crippen molar-refractivity contribution in [3.8, 4) is 5.69 Å². The minimum Gasteiger partial charge on any atom is -0.326 e. The average molecular weight is 300 g/mol. The molecule has 0 radical (unpaired) electrons. The minimum atomic E-state index is -0.321. The third-order valence-electron chi connectivity index (χ3n) is 3.68. The molecule has 0 spiro atoms. The van der Waals surface area contributed by atoms with E-state index in [9.17, 15) is 4.79 Å². The number of amides is 1. The van der Waals surface area contributed by atoms with Crippen molar-refractivity contribution < 1.29 is 4.79 Å². The smallest absolute Gasteiger partial charge is 0.224 e. The van der Waals surface area contributed by atoms with Crippen LogP contribution in [0.4, 0.5) is 5.69 Å². The van der Waals surface area contributed by atoms with Crippen LogP contribution in [0.1, 0.15) is 38.1 Å². The van der Waals surface area contributed by atoms with Crippen molar-refractivity contribution in [2.75, 3.05) is 5.32 Å². The van der Waals surface area contributed by atoms with E-state index in [1.807, 2.05) is 62.9 Å². The van der Waals surface area contributed by atoms with Gasteiger partial charge in [0.05, 0.1) is 12.0 Å². The third kappa shape index (κ3) is 4.18. The Morgan fingerprint density at radius 1 is 1.27 bits per heavy atom. The number of imidazole rings is 1. The lowest BCUT2D eigenvalue weighted by molar-refractivity contribution is -0.116. The summed E-state index contributed by atoms with van der Waals surface area (Å²) in [4.78, 5) is 16.2. The molecule has 0 saturated carbocycles. The maximum atomic E-state index is 11.9. The molecule has 0 bridgehead atoms. The van der Waals surface area contributed by atoms with E-state index < -0.39 is 0 Å². The van der Waals surface area contributed by atoms with Crippen LogP contribution in [-0.4, -0.2) is 21.0 Å². The van der Waals surface area contributed by atoms with Crippen LogP contribution in [0, 0.1) is 13.8 Å². The fourth-order valence-corrected chi connectivity index (χ4v) is 2.12. The van der Waals surface area contributed by atoms with E-state index in [0.29, 0.717) is 12.8 Å². The van der Waals surface area contributed by atoms with Gasteiger partial charge in [-0.15, -0.1) is 0 Å². The Labute approximate surface area is 131 Å². The predicted octanol–water partition coefficient (Wildman–Crippen LogP) is 2.95. The van der Waals surface area contributed by atoms with E-state index in [1.165, 1.54) is 0 Å². The van der Waals surface area contributed by atoms with Crippen molar-refractivity contribution in [2.45, 2.75) is 46.1 Å². The fourth-order valence-electron chi connectivity index (χ4n) is 2.12. The zero-order valence-electron chi connectivity index (χ0n) is 13.7. The number of aromatic nitrogens is 2. The Balaban J connectivity index is 2.00. The van der Waals surface area contributed by atoms with Gasteiger partial charge in [0.1, 0.15) is 0 Å². The first-order valence-electron chi connectivity index (χ1n) is 7.46. The lowest BCUT2D eigenvalue weighted by Gasteiger charge is -2.17. The molecule has 0 unspecified atom stereocenters. The number of benzene rings is 1. The van der Waals surface area contributed by atoms with Crippen LogP contribution in [0.25, 0.3) is 5.69 Å². The Morgan fingerprint density at radius 3 is 2.41 bits per heavy atom. The molecule has 0 fully saturated rings. The standard InChI is InChI=1S/C17H24N4O/c1-12-13(2)21(11-19-12)15-7-5-14(6-8-15)20-16(22)9-10-17(3,4)18/h5-8,11H,9-10,18H2,1-4H3,(H,20,22). The van der Waals surface area contributed by atoms with E-state index >= 15 is 0 Å². The molecule has 1 aromatic heterocycles. The van der Waals surface area contributed by atoms with E-state index in [-0.39, 0.29) is 11.4 Å². The van der Waals surface area contributed by atoms with Crippen molar-refractivity contribution in [1.29, 1.82) is 0 Å². The molecule has 0 saturated heterocycles. The van der Waals surface area contributed by atoms with Crippen LogP contribution in [0.5, 0.6) is 0 Å². The van der Waals surface area contributed by atoms with Gasteiger partial charge in [0.15, 0.2) is 0 Å². The number of nitrogens with zero attached hydrogens (tertiary/aromatic N) is 2. The molecule has 118 valence electrons. The van der Waals surface area contributed by atoms with Gasteiger partial charge in [0, 0.05) is 29.0 Å². The second kappa shape index (κ2) is 6.32. The van der Waals surface area contributed by atoms with Gasteiger partial charge in [-0.25, -0.2) is 4.98 Å². The van der Waals surface area contributed by atoms with Gasteiger partial charge in [0.25, 0.3) is 0 Å². The van der Waals surface area contributed by atoms with Gasteiger partial charge in [-0.2, -0.15) is 0 Å². The number of nitrogens with two attached hydrogens (primary N) is 1. The summed E-state index contributed by atoms with van der Waals surface area (Å²) in [6.07, 6.45) is 2.89.